The molecule has 6 heteroatoms. The molecule has 1 atom stereocenters. The predicted octanol–water partition coefficient (Wildman–Crippen LogP) is 5.31. The van der Waals surface area contributed by atoms with Crippen LogP contribution in [0.3, 0.4) is 0 Å². The summed E-state index contributed by atoms with van der Waals surface area (Å²) in [4.78, 5) is 0. The molecule has 0 aliphatic carbocycles. The van der Waals surface area contributed by atoms with Crippen molar-refractivity contribution in [2.75, 3.05) is 13.7 Å². The SMILES string of the molecule is CCNC(Cc1ccc(OC)c(F)c1)c1cc(Br)sc1Br. The summed E-state index contributed by atoms with van der Waals surface area (Å²) in [5.41, 5.74) is 2.12. The number of nitrogens with one attached hydrogen (secondary N) is 1. The summed E-state index contributed by atoms with van der Waals surface area (Å²) in [6.45, 7) is 2.92. The van der Waals surface area contributed by atoms with Crippen LogP contribution in [0.1, 0.15) is 24.1 Å². The molecular formula is C15H16Br2FNOS. The van der Waals surface area contributed by atoms with E-state index < -0.39 is 0 Å². The Morgan fingerprint density at radius 1 is 1.33 bits per heavy atom. The third-order valence-electron chi connectivity index (χ3n) is 3.17. The van der Waals surface area contributed by atoms with Crippen LogP contribution in [0.2, 0.25) is 0 Å². The molecule has 0 spiro atoms. The van der Waals surface area contributed by atoms with Gasteiger partial charge in [0.1, 0.15) is 0 Å². The van der Waals surface area contributed by atoms with Gasteiger partial charge in [0.25, 0.3) is 0 Å². The smallest absolute Gasteiger partial charge is 0.165 e. The highest BCUT2D eigenvalue weighted by Crippen LogP contribution is 2.36. The number of rotatable bonds is 6. The van der Waals surface area contributed by atoms with Gasteiger partial charge in [-0.25, -0.2) is 4.39 Å². The number of benzene rings is 1. The van der Waals surface area contributed by atoms with Gasteiger partial charge < -0.3 is 10.1 Å². The summed E-state index contributed by atoms with van der Waals surface area (Å²) in [7, 11) is 1.47. The van der Waals surface area contributed by atoms with Gasteiger partial charge in [-0.3, -0.25) is 0 Å². The Bertz CT molecular complexity index is 618. The molecule has 2 rings (SSSR count). The summed E-state index contributed by atoms with van der Waals surface area (Å²) in [6.07, 6.45) is 0.719. The molecule has 1 unspecified atom stereocenters. The molecule has 2 nitrogen and oxygen atoms in total. The normalized spacial score (nSPS) is 12.4. The number of thiophene rings is 1. The van der Waals surface area contributed by atoms with E-state index in [-0.39, 0.29) is 17.6 Å². The Morgan fingerprint density at radius 2 is 2.10 bits per heavy atom. The average Bonchev–Trinajstić information content (AvgIpc) is 2.77. The lowest BCUT2D eigenvalue weighted by atomic mass is 10.0. The van der Waals surface area contributed by atoms with Gasteiger partial charge in [0.15, 0.2) is 11.6 Å². The maximum absolute atomic E-state index is 13.8. The highest BCUT2D eigenvalue weighted by Gasteiger charge is 2.17. The van der Waals surface area contributed by atoms with E-state index in [4.69, 9.17) is 4.74 Å². The van der Waals surface area contributed by atoms with E-state index in [1.54, 1.807) is 23.5 Å². The first-order valence-corrected chi connectivity index (χ1v) is 8.96. The van der Waals surface area contributed by atoms with Crippen LogP contribution in [-0.2, 0) is 6.42 Å². The molecule has 1 heterocycles. The lowest BCUT2D eigenvalue weighted by molar-refractivity contribution is 0.386. The third-order valence-corrected chi connectivity index (χ3v) is 5.55. The van der Waals surface area contributed by atoms with Crippen molar-refractivity contribution < 1.29 is 9.13 Å². The second kappa shape index (κ2) is 7.72. The fourth-order valence-electron chi connectivity index (χ4n) is 2.20. The van der Waals surface area contributed by atoms with E-state index in [0.717, 1.165) is 26.1 Å². The Balaban J connectivity index is 2.24. The van der Waals surface area contributed by atoms with Gasteiger partial charge in [-0.1, -0.05) is 13.0 Å². The molecule has 0 aliphatic heterocycles. The van der Waals surface area contributed by atoms with Crippen LogP contribution in [-0.4, -0.2) is 13.7 Å². The zero-order chi connectivity index (χ0) is 15.4. The number of halogens is 3. The number of likely N-dealkylation sites (N-methyl/N-ethyl adjacent to an activating group) is 1. The van der Waals surface area contributed by atoms with E-state index in [0.29, 0.717) is 0 Å². The minimum atomic E-state index is -0.323. The number of hydrogen-bond acceptors (Lipinski definition) is 3. The monoisotopic (exact) mass is 435 g/mol. The van der Waals surface area contributed by atoms with E-state index in [1.807, 2.05) is 6.07 Å². The third kappa shape index (κ3) is 4.28. The van der Waals surface area contributed by atoms with Crippen molar-refractivity contribution in [1.82, 2.24) is 5.32 Å². The van der Waals surface area contributed by atoms with Crippen LogP contribution in [0.5, 0.6) is 5.75 Å². The lowest BCUT2D eigenvalue weighted by Crippen LogP contribution is -2.22. The van der Waals surface area contributed by atoms with Crippen molar-refractivity contribution in [2.24, 2.45) is 0 Å². The molecule has 0 radical (unpaired) electrons. The fraction of sp³-hybridized carbons (Fsp3) is 0.333. The molecule has 21 heavy (non-hydrogen) atoms. The Morgan fingerprint density at radius 3 is 2.62 bits per heavy atom. The maximum atomic E-state index is 13.8. The van der Waals surface area contributed by atoms with Gasteiger partial charge >= 0.3 is 0 Å². The summed E-state index contributed by atoms with van der Waals surface area (Å²) >= 11 is 8.74. The molecule has 0 aliphatic rings. The van der Waals surface area contributed by atoms with Crippen LogP contribution in [0.4, 0.5) is 4.39 Å². The standard InChI is InChI=1S/C15H16Br2FNOS/c1-3-19-12(10-8-14(16)21-15(10)17)7-9-4-5-13(20-2)11(18)6-9/h4-6,8,12,19H,3,7H2,1-2H3. The Labute approximate surface area is 145 Å². The van der Waals surface area contributed by atoms with Crippen molar-refractivity contribution in [2.45, 2.75) is 19.4 Å². The number of ether oxygens (including phenoxy) is 1. The first-order chi connectivity index (χ1) is 10.0. The molecular weight excluding hydrogens is 421 g/mol. The van der Waals surface area contributed by atoms with Crippen LogP contribution < -0.4 is 10.1 Å². The van der Waals surface area contributed by atoms with Crippen molar-refractivity contribution in [3.63, 3.8) is 0 Å². The van der Waals surface area contributed by atoms with Crippen molar-refractivity contribution in [3.05, 3.63) is 48.8 Å². The predicted molar refractivity (Wildman–Crippen MR) is 92.8 cm³/mol. The van der Waals surface area contributed by atoms with Gasteiger partial charge in [-0.2, -0.15) is 0 Å². The molecule has 0 bridgehead atoms. The lowest BCUT2D eigenvalue weighted by Gasteiger charge is -2.18. The highest BCUT2D eigenvalue weighted by molar-refractivity contribution is 9.12. The summed E-state index contributed by atoms with van der Waals surface area (Å²) in [5, 5.41) is 3.45. The molecule has 0 saturated carbocycles. The molecule has 114 valence electrons. The Hall–Kier alpha value is -0.430. The molecule has 0 saturated heterocycles. The van der Waals surface area contributed by atoms with Gasteiger partial charge in [-0.05, 0) is 74.2 Å². The van der Waals surface area contributed by atoms with Crippen LogP contribution >= 0.6 is 43.2 Å². The van der Waals surface area contributed by atoms with Crippen molar-refractivity contribution in [3.8, 4) is 5.75 Å². The van der Waals surface area contributed by atoms with E-state index in [1.165, 1.54) is 12.7 Å². The van der Waals surface area contributed by atoms with E-state index in [9.17, 15) is 4.39 Å². The summed E-state index contributed by atoms with van der Waals surface area (Å²) < 4.78 is 20.9. The Kier molecular flexibility index (Phi) is 6.22. The average molecular weight is 437 g/mol. The zero-order valence-corrected chi connectivity index (χ0v) is 15.7. The summed E-state index contributed by atoms with van der Waals surface area (Å²) in [6, 6.07) is 7.36. The first kappa shape index (κ1) is 16.9. The minimum Gasteiger partial charge on any atom is -0.494 e. The zero-order valence-electron chi connectivity index (χ0n) is 11.8. The molecule has 0 fully saturated rings. The van der Waals surface area contributed by atoms with Crippen molar-refractivity contribution in [1.29, 1.82) is 0 Å². The van der Waals surface area contributed by atoms with Crippen molar-refractivity contribution >= 4 is 43.2 Å². The van der Waals surface area contributed by atoms with E-state index in [2.05, 4.69) is 50.2 Å². The molecule has 2 aromatic rings. The van der Waals surface area contributed by atoms with Gasteiger partial charge in [0, 0.05) is 6.04 Å². The largest absolute Gasteiger partial charge is 0.494 e. The van der Waals surface area contributed by atoms with Gasteiger partial charge in [-0.15, -0.1) is 11.3 Å². The summed E-state index contributed by atoms with van der Waals surface area (Å²) in [5.74, 6) is -0.0472. The molecule has 1 aromatic heterocycles. The quantitative estimate of drug-likeness (QED) is 0.662. The minimum absolute atomic E-state index is 0.139. The van der Waals surface area contributed by atoms with Crippen LogP contribution in [0.15, 0.2) is 31.8 Å². The van der Waals surface area contributed by atoms with E-state index >= 15 is 0 Å². The highest BCUT2D eigenvalue weighted by atomic mass is 79.9. The number of methoxy groups -OCH3 is 1. The fourth-order valence-corrected chi connectivity index (χ4v) is 5.18. The maximum Gasteiger partial charge on any atom is 0.165 e. The molecule has 1 aromatic carbocycles. The van der Waals surface area contributed by atoms with Gasteiger partial charge in [0.05, 0.1) is 14.7 Å². The van der Waals surface area contributed by atoms with Gasteiger partial charge in [0.2, 0.25) is 0 Å². The number of hydrogen-bond donors (Lipinski definition) is 1. The second-order valence-corrected chi connectivity index (χ2v) is 8.31. The first-order valence-electron chi connectivity index (χ1n) is 6.55. The van der Waals surface area contributed by atoms with Crippen LogP contribution in [0, 0.1) is 5.82 Å². The molecule has 0 amide bonds. The second-order valence-electron chi connectivity index (χ2n) is 4.56. The molecule has 1 N–H and O–H groups in total. The topological polar surface area (TPSA) is 21.3 Å². The van der Waals surface area contributed by atoms with Crippen LogP contribution in [0.25, 0.3) is 0 Å².